The summed E-state index contributed by atoms with van der Waals surface area (Å²) >= 11 is 3.94. The van der Waals surface area contributed by atoms with Gasteiger partial charge in [-0.3, -0.25) is 4.79 Å². The van der Waals surface area contributed by atoms with E-state index in [1.54, 1.807) is 24.3 Å². The second-order valence-corrected chi connectivity index (χ2v) is 4.33. The summed E-state index contributed by atoms with van der Waals surface area (Å²) in [5, 5.41) is 2.69. The van der Waals surface area contributed by atoms with Crippen LogP contribution in [0.15, 0.2) is 47.4 Å². The molecule has 0 heterocycles. The van der Waals surface area contributed by atoms with Crippen LogP contribution in [0.4, 0.5) is 10.1 Å². The van der Waals surface area contributed by atoms with Gasteiger partial charge in [-0.1, -0.05) is 12.0 Å². The van der Waals surface area contributed by atoms with Gasteiger partial charge in [0.05, 0.1) is 0 Å². The molecule has 19 heavy (non-hydrogen) atoms. The molecule has 2 nitrogen and oxygen atoms in total. The van der Waals surface area contributed by atoms with E-state index in [0.717, 1.165) is 0 Å². The fraction of sp³-hybridized carbons (Fsp3) is 0. The lowest BCUT2D eigenvalue weighted by molar-refractivity contribution is 0.102. The summed E-state index contributed by atoms with van der Waals surface area (Å²) < 4.78 is 13.1. The smallest absolute Gasteiger partial charge is 0.255 e. The van der Waals surface area contributed by atoms with Crippen molar-refractivity contribution < 1.29 is 9.18 Å². The average molecular weight is 271 g/mol. The molecule has 1 N–H and O–H groups in total. The SMILES string of the molecule is C#Cc1cccc(NC(=O)c2ccc(F)c(S)c2)c1. The second kappa shape index (κ2) is 5.59. The van der Waals surface area contributed by atoms with E-state index >= 15 is 0 Å². The fourth-order valence-electron chi connectivity index (χ4n) is 1.54. The molecule has 0 aliphatic rings. The Morgan fingerprint density at radius 2 is 2.05 bits per heavy atom. The number of benzene rings is 2. The van der Waals surface area contributed by atoms with Crippen LogP contribution < -0.4 is 5.32 Å². The molecule has 0 saturated heterocycles. The van der Waals surface area contributed by atoms with Gasteiger partial charge in [0.2, 0.25) is 0 Å². The van der Waals surface area contributed by atoms with Gasteiger partial charge in [-0.15, -0.1) is 19.1 Å². The highest BCUT2D eigenvalue weighted by Crippen LogP contribution is 2.16. The number of hydrogen-bond acceptors (Lipinski definition) is 2. The number of nitrogens with one attached hydrogen (secondary N) is 1. The van der Waals surface area contributed by atoms with Gasteiger partial charge in [0, 0.05) is 21.7 Å². The van der Waals surface area contributed by atoms with Crippen LogP contribution in [0, 0.1) is 18.2 Å². The van der Waals surface area contributed by atoms with Crippen LogP contribution in [0.25, 0.3) is 0 Å². The highest BCUT2D eigenvalue weighted by atomic mass is 32.1. The topological polar surface area (TPSA) is 29.1 Å². The molecule has 0 radical (unpaired) electrons. The lowest BCUT2D eigenvalue weighted by Crippen LogP contribution is -2.12. The molecular formula is C15H10FNOS. The molecule has 2 rings (SSSR count). The van der Waals surface area contributed by atoms with Crippen LogP contribution in [0.1, 0.15) is 15.9 Å². The van der Waals surface area contributed by atoms with Crippen LogP contribution in [-0.4, -0.2) is 5.91 Å². The average Bonchev–Trinajstić information content (AvgIpc) is 2.42. The molecule has 94 valence electrons. The molecule has 2 aromatic carbocycles. The predicted octanol–water partition coefficient (Wildman–Crippen LogP) is 3.35. The summed E-state index contributed by atoms with van der Waals surface area (Å²) in [5.74, 6) is 1.68. The standard InChI is InChI=1S/C15H10FNOS/c1-2-10-4-3-5-12(8-10)17-15(18)11-6-7-13(16)14(19)9-11/h1,3-9,19H,(H,17,18). The summed E-state index contributed by atoms with van der Waals surface area (Å²) in [7, 11) is 0. The molecule has 0 aliphatic carbocycles. The molecule has 0 atom stereocenters. The van der Waals surface area contributed by atoms with Crippen molar-refractivity contribution in [3.63, 3.8) is 0 Å². The van der Waals surface area contributed by atoms with E-state index in [0.29, 0.717) is 16.8 Å². The molecule has 1 amide bonds. The number of halogens is 1. The fourth-order valence-corrected chi connectivity index (χ4v) is 1.76. The Kier molecular flexibility index (Phi) is 3.88. The van der Waals surface area contributed by atoms with Crippen molar-refractivity contribution in [1.82, 2.24) is 0 Å². The zero-order chi connectivity index (χ0) is 13.8. The molecule has 0 fully saturated rings. The molecule has 0 spiro atoms. The Morgan fingerprint density at radius 3 is 2.74 bits per heavy atom. The van der Waals surface area contributed by atoms with Crippen molar-refractivity contribution in [2.75, 3.05) is 5.32 Å². The Hall–Kier alpha value is -2.25. The quantitative estimate of drug-likeness (QED) is 0.636. The third kappa shape index (κ3) is 3.15. The highest BCUT2D eigenvalue weighted by Gasteiger charge is 2.08. The van der Waals surface area contributed by atoms with Crippen molar-refractivity contribution in [1.29, 1.82) is 0 Å². The predicted molar refractivity (Wildman–Crippen MR) is 76.0 cm³/mol. The molecular weight excluding hydrogens is 261 g/mol. The lowest BCUT2D eigenvalue weighted by Gasteiger charge is -2.06. The number of rotatable bonds is 2. The number of carbonyl (C=O) groups excluding carboxylic acids is 1. The highest BCUT2D eigenvalue weighted by molar-refractivity contribution is 7.80. The first-order chi connectivity index (χ1) is 9.10. The minimum absolute atomic E-state index is 0.130. The Balaban J connectivity index is 2.21. The number of terminal acetylenes is 1. The van der Waals surface area contributed by atoms with Crippen LogP contribution in [0.2, 0.25) is 0 Å². The summed E-state index contributed by atoms with van der Waals surface area (Å²) in [6, 6.07) is 10.9. The van der Waals surface area contributed by atoms with Crippen molar-refractivity contribution in [3.8, 4) is 12.3 Å². The van der Waals surface area contributed by atoms with Gasteiger partial charge in [-0.25, -0.2) is 4.39 Å². The van der Waals surface area contributed by atoms with E-state index in [1.807, 2.05) is 0 Å². The van der Waals surface area contributed by atoms with E-state index in [1.165, 1.54) is 18.2 Å². The first kappa shape index (κ1) is 13.2. The third-order valence-corrected chi connectivity index (χ3v) is 2.84. The third-order valence-electron chi connectivity index (χ3n) is 2.50. The largest absolute Gasteiger partial charge is 0.322 e. The number of amides is 1. The van der Waals surface area contributed by atoms with Crippen molar-refractivity contribution in [3.05, 3.63) is 59.4 Å². The maximum atomic E-state index is 13.1. The summed E-state index contributed by atoms with van der Waals surface area (Å²) in [4.78, 5) is 12.1. The molecule has 2 aromatic rings. The van der Waals surface area contributed by atoms with Crippen molar-refractivity contribution in [2.24, 2.45) is 0 Å². The minimum Gasteiger partial charge on any atom is -0.322 e. The summed E-state index contributed by atoms with van der Waals surface area (Å²) in [6.07, 6.45) is 5.28. The minimum atomic E-state index is -0.464. The van der Waals surface area contributed by atoms with Gasteiger partial charge >= 0.3 is 0 Å². The first-order valence-corrected chi connectivity index (χ1v) is 5.91. The van der Waals surface area contributed by atoms with E-state index < -0.39 is 5.82 Å². The van der Waals surface area contributed by atoms with Gasteiger partial charge in [0.15, 0.2) is 0 Å². The Morgan fingerprint density at radius 1 is 1.26 bits per heavy atom. The van der Waals surface area contributed by atoms with E-state index in [2.05, 4.69) is 23.9 Å². The number of carbonyl (C=O) groups is 1. The summed E-state index contributed by atoms with van der Waals surface area (Å²) in [5.41, 5.74) is 1.59. The number of anilines is 1. The van der Waals surface area contributed by atoms with Gasteiger partial charge in [0.25, 0.3) is 5.91 Å². The van der Waals surface area contributed by atoms with Crippen LogP contribution in [-0.2, 0) is 0 Å². The molecule has 0 unspecified atom stereocenters. The Labute approximate surface area is 116 Å². The normalized spacial score (nSPS) is 9.74. The van der Waals surface area contributed by atoms with Crippen molar-refractivity contribution in [2.45, 2.75) is 4.90 Å². The van der Waals surface area contributed by atoms with Crippen LogP contribution in [0.3, 0.4) is 0 Å². The second-order valence-electron chi connectivity index (χ2n) is 3.85. The van der Waals surface area contributed by atoms with Crippen LogP contribution >= 0.6 is 12.6 Å². The van der Waals surface area contributed by atoms with Crippen molar-refractivity contribution >= 4 is 24.2 Å². The molecule has 0 saturated carbocycles. The molecule has 0 aliphatic heterocycles. The monoisotopic (exact) mass is 271 g/mol. The van der Waals surface area contributed by atoms with E-state index in [-0.39, 0.29) is 10.8 Å². The zero-order valence-corrected chi connectivity index (χ0v) is 10.7. The Bertz CT molecular complexity index is 676. The molecule has 4 heteroatoms. The van der Waals surface area contributed by atoms with Crippen LogP contribution in [0.5, 0.6) is 0 Å². The number of thiol groups is 1. The molecule has 0 bridgehead atoms. The van der Waals surface area contributed by atoms with E-state index in [4.69, 9.17) is 6.42 Å². The van der Waals surface area contributed by atoms with Gasteiger partial charge < -0.3 is 5.32 Å². The number of hydrogen-bond donors (Lipinski definition) is 2. The maximum absolute atomic E-state index is 13.1. The van der Waals surface area contributed by atoms with E-state index in [9.17, 15) is 9.18 Å². The summed E-state index contributed by atoms with van der Waals surface area (Å²) in [6.45, 7) is 0. The first-order valence-electron chi connectivity index (χ1n) is 5.46. The lowest BCUT2D eigenvalue weighted by atomic mass is 10.2. The van der Waals surface area contributed by atoms with Gasteiger partial charge in [0.1, 0.15) is 5.82 Å². The molecule has 0 aromatic heterocycles. The van der Waals surface area contributed by atoms with Gasteiger partial charge in [-0.2, -0.15) is 0 Å². The van der Waals surface area contributed by atoms with Gasteiger partial charge in [-0.05, 0) is 36.4 Å². The maximum Gasteiger partial charge on any atom is 0.255 e. The zero-order valence-electron chi connectivity index (χ0n) is 9.85.